The van der Waals surface area contributed by atoms with Crippen LogP contribution in [0.3, 0.4) is 0 Å². The maximum Gasteiger partial charge on any atom is 0.151 e. The number of aromatic nitrogens is 5. The van der Waals surface area contributed by atoms with E-state index < -0.39 is 0 Å². The first-order valence-electron chi connectivity index (χ1n) is 9.32. The normalized spacial score (nSPS) is 11.6. The van der Waals surface area contributed by atoms with Crippen LogP contribution in [0.2, 0.25) is 0 Å². The Morgan fingerprint density at radius 2 is 2.04 bits per heavy atom. The van der Waals surface area contributed by atoms with Crippen molar-refractivity contribution in [2.45, 2.75) is 26.4 Å². The number of rotatable bonds is 7. The minimum atomic E-state index is -0.289. The highest BCUT2D eigenvalue weighted by molar-refractivity contribution is 5.76. The monoisotopic (exact) mass is 378 g/mol. The summed E-state index contributed by atoms with van der Waals surface area (Å²) in [7, 11) is 1.93. The Morgan fingerprint density at radius 1 is 1.14 bits per heavy atom. The van der Waals surface area contributed by atoms with Crippen molar-refractivity contribution >= 4 is 11.0 Å². The Morgan fingerprint density at radius 3 is 2.79 bits per heavy atom. The summed E-state index contributed by atoms with van der Waals surface area (Å²) in [5, 5.41) is 0. The van der Waals surface area contributed by atoms with Crippen molar-refractivity contribution in [3.8, 4) is 0 Å². The first-order chi connectivity index (χ1) is 13.6. The van der Waals surface area contributed by atoms with Crippen LogP contribution in [-0.4, -0.2) is 35.9 Å². The lowest BCUT2D eigenvalue weighted by Gasteiger charge is -2.22. The minimum Gasteiger partial charge on any atom is -0.351 e. The summed E-state index contributed by atoms with van der Waals surface area (Å²) in [4.78, 5) is 18.7. The van der Waals surface area contributed by atoms with E-state index in [1.165, 1.54) is 6.07 Å². The highest BCUT2D eigenvalue weighted by Crippen LogP contribution is 2.20. The van der Waals surface area contributed by atoms with Gasteiger partial charge in [-0.3, -0.25) is 9.88 Å². The van der Waals surface area contributed by atoms with Crippen molar-refractivity contribution < 1.29 is 4.39 Å². The highest BCUT2D eigenvalue weighted by atomic mass is 19.1. The van der Waals surface area contributed by atoms with Gasteiger partial charge in [0.2, 0.25) is 0 Å². The molecule has 0 radical (unpaired) electrons. The van der Waals surface area contributed by atoms with E-state index in [9.17, 15) is 4.39 Å². The van der Waals surface area contributed by atoms with Gasteiger partial charge < -0.3 is 9.55 Å². The van der Waals surface area contributed by atoms with Gasteiger partial charge in [-0.15, -0.1) is 0 Å². The van der Waals surface area contributed by atoms with E-state index in [4.69, 9.17) is 0 Å². The fourth-order valence-electron chi connectivity index (χ4n) is 3.38. The van der Waals surface area contributed by atoms with Gasteiger partial charge in [-0.05, 0) is 30.7 Å². The molecule has 3 aromatic heterocycles. The molecule has 3 heterocycles. The van der Waals surface area contributed by atoms with Crippen LogP contribution in [0.1, 0.15) is 22.8 Å². The van der Waals surface area contributed by atoms with Gasteiger partial charge in [0.1, 0.15) is 11.3 Å². The molecule has 28 heavy (non-hydrogen) atoms. The van der Waals surface area contributed by atoms with Crippen LogP contribution >= 0.6 is 0 Å². The number of aromatic amines is 1. The third-order valence-corrected chi connectivity index (χ3v) is 5.05. The van der Waals surface area contributed by atoms with Crippen molar-refractivity contribution in [2.75, 3.05) is 6.54 Å². The predicted molar refractivity (Wildman–Crippen MR) is 106 cm³/mol. The van der Waals surface area contributed by atoms with Crippen molar-refractivity contribution in [3.05, 3.63) is 77.6 Å². The number of nitrogens with zero attached hydrogens (tertiary/aromatic N) is 5. The number of pyridine rings is 1. The fraction of sp³-hybridized carbons (Fsp3) is 0.286. The predicted octanol–water partition coefficient (Wildman–Crippen LogP) is 3.38. The Bertz CT molecular complexity index is 1070. The van der Waals surface area contributed by atoms with Gasteiger partial charge in [-0.2, -0.15) is 0 Å². The molecular formula is C21H23FN6. The number of hydrogen-bond acceptors (Lipinski definition) is 4. The molecule has 144 valence electrons. The van der Waals surface area contributed by atoms with Crippen LogP contribution in [-0.2, 0) is 26.6 Å². The molecule has 6 nitrogen and oxygen atoms in total. The molecule has 0 amide bonds. The number of benzene rings is 1. The van der Waals surface area contributed by atoms with Crippen LogP contribution in [0.25, 0.3) is 11.0 Å². The number of fused-ring (bicyclic) bond motifs is 1. The number of halogens is 1. The molecule has 0 unspecified atom stereocenters. The minimum absolute atomic E-state index is 0.289. The Labute approximate surface area is 163 Å². The van der Waals surface area contributed by atoms with Crippen LogP contribution in [0.4, 0.5) is 4.39 Å². The first-order valence-corrected chi connectivity index (χ1v) is 9.32. The van der Waals surface area contributed by atoms with Crippen molar-refractivity contribution in [1.29, 1.82) is 0 Å². The average Bonchev–Trinajstić information content (AvgIpc) is 3.31. The summed E-state index contributed by atoms with van der Waals surface area (Å²) in [6, 6.07) is 9.08. The van der Waals surface area contributed by atoms with Crippen molar-refractivity contribution in [2.24, 2.45) is 7.05 Å². The lowest BCUT2D eigenvalue weighted by atomic mass is 10.2. The topological polar surface area (TPSA) is 62.6 Å². The molecule has 4 aromatic rings. The molecule has 0 saturated carbocycles. The third-order valence-electron chi connectivity index (χ3n) is 5.05. The molecule has 0 fully saturated rings. The zero-order valence-electron chi connectivity index (χ0n) is 16.1. The van der Waals surface area contributed by atoms with Gasteiger partial charge in [0, 0.05) is 39.0 Å². The zero-order valence-corrected chi connectivity index (χ0v) is 16.1. The molecule has 0 saturated heterocycles. The van der Waals surface area contributed by atoms with E-state index >= 15 is 0 Å². The molecular weight excluding hydrogens is 355 g/mol. The van der Waals surface area contributed by atoms with E-state index in [0.29, 0.717) is 18.6 Å². The molecule has 1 aromatic carbocycles. The number of imidazole rings is 2. The van der Waals surface area contributed by atoms with Gasteiger partial charge in [-0.25, -0.2) is 14.4 Å². The lowest BCUT2D eigenvalue weighted by Crippen LogP contribution is -2.27. The van der Waals surface area contributed by atoms with Crippen LogP contribution < -0.4 is 0 Å². The smallest absolute Gasteiger partial charge is 0.151 e. The largest absolute Gasteiger partial charge is 0.351 e. The molecule has 4 rings (SSSR count). The fourth-order valence-corrected chi connectivity index (χ4v) is 3.38. The molecule has 0 aliphatic rings. The maximum atomic E-state index is 14.1. The number of aryl methyl sites for hydroxylation is 2. The second-order valence-corrected chi connectivity index (χ2v) is 6.98. The highest BCUT2D eigenvalue weighted by Gasteiger charge is 2.16. The second-order valence-electron chi connectivity index (χ2n) is 6.98. The van der Waals surface area contributed by atoms with Crippen LogP contribution in [0.15, 0.2) is 49.1 Å². The molecule has 0 bridgehead atoms. The summed E-state index contributed by atoms with van der Waals surface area (Å²) in [6.45, 7) is 4.17. The molecule has 0 spiro atoms. The van der Waals surface area contributed by atoms with Gasteiger partial charge in [0.25, 0.3) is 0 Å². The molecule has 1 N–H and O–H groups in total. The van der Waals surface area contributed by atoms with E-state index in [1.807, 2.05) is 36.1 Å². The van der Waals surface area contributed by atoms with Crippen LogP contribution in [0.5, 0.6) is 0 Å². The molecule has 7 heteroatoms. The summed E-state index contributed by atoms with van der Waals surface area (Å²) in [6.07, 6.45) is 6.23. The summed E-state index contributed by atoms with van der Waals surface area (Å²) >= 11 is 0. The molecule has 0 aliphatic carbocycles. The van der Waals surface area contributed by atoms with Crippen LogP contribution in [0, 0.1) is 12.7 Å². The van der Waals surface area contributed by atoms with Gasteiger partial charge in [0.15, 0.2) is 5.82 Å². The van der Waals surface area contributed by atoms with Gasteiger partial charge in [-0.1, -0.05) is 12.1 Å². The van der Waals surface area contributed by atoms with Gasteiger partial charge >= 0.3 is 0 Å². The van der Waals surface area contributed by atoms with Gasteiger partial charge in [0.05, 0.1) is 29.8 Å². The Kier molecular flexibility index (Phi) is 5.16. The quantitative estimate of drug-likeness (QED) is 0.535. The number of H-pyrrole nitrogens is 1. The SMILES string of the molecule is Cc1cccnc1CN(CCc1c[nH]cn1)Cc1nc2c(F)cccc2n1C. The van der Waals surface area contributed by atoms with E-state index in [0.717, 1.165) is 41.3 Å². The maximum absolute atomic E-state index is 14.1. The third kappa shape index (κ3) is 3.80. The summed E-state index contributed by atoms with van der Waals surface area (Å²) in [5.41, 5.74) is 4.43. The first kappa shape index (κ1) is 18.3. The average molecular weight is 378 g/mol. The van der Waals surface area contributed by atoms with E-state index in [-0.39, 0.29) is 5.82 Å². The Balaban J connectivity index is 1.60. The number of hydrogen-bond donors (Lipinski definition) is 1. The van der Waals surface area contributed by atoms with E-state index in [1.54, 1.807) is 12.4 Å². The number of para-hydroxylation sites is 1. The van der Waals surface area contributed by atoms with Crippen molar-refractivity contribution in [3.63, 3.8) is 0 Å². The second kappa shape index (κ2) is 7.90. The summed E-state index contributed by atoms with van der Waals surface area (Å²) in [5.74, 6) is 0.540. The number of nitrogens with one attached hydrogen (secondary N) is 1. The summed E-state index contributed by atoms with van der Waals surface area (Å²) < 4.78 is 16.1. The molecule has 0 atom stereocenters. The molecule has 0 aliphatic heterocycles. The zero-order chi connectivity index (χ0) is 19.5. The standard InChI is InChI=1S/C21H23FN6/c1-15-5-4-9-24-18(15)12-28(10-8-16-11-23-14-25-16)13-20-26-21-17(22)6-3-7-19(21)27(20)2/h3-7,9,11,14H,8,10,12-13H2,1-2H3,(H,23,25). The van der Waals surface area contributed by atoms with E-state index in [2.05, 4.69) is 37.8 Å². The lowest BCUT2D eigenvalue weighted by molar-refractivity contribution is 0.247. The Hall–Kier alpha value is -3.06. The van der Waals surface area contributed by atoms with Crippen molar-refractivity contribution in [1.82, 2.24) is 29.4 Å².